The molecule has 0 spiro atoms. The van der Waals surface area contributed by atoms with Crippen molar-refractivity contribution in [1.82, 2.24) is 19.3 Å². The van der Waals surface area contributed by atoms with Crippen LogP contribution in [0.4, 0.5) is 0 Å². The zero-order valence-corrected chi connectivity index (χ0v) is 23.4. The van der Waals surface area contributed by atoms with E-state index < -0.39 is 8.07 Å². The normalized spacial score (nSPS) is 16.2. The molecule has 4 bridgehead atoms. The molecule has 0 fully saturated rings. The van der Waals surface area contributed by atoms with Gasteiger partial charge in [-0.1, -0.05) is 31.8 Å². The molecular formula is C28H34N4O5Si. The van der Waals surface area contributed by atoms with Crippen LogP contribution < -0.4 is 15.9 Å². The smallest absolute Gasteiger partial charge is 0.279 e. The topological polar surface area (TPSA) is 108 Å². The minimum Gasteiger partial charge on any atom is -0.491 e. The van der Waals surface area contributed by atoms with E-state index in [0.29, 0.717) is 52.0 Å². The highest BCUT2D eigenvalue weighted by Crippen LogP contribution is 2.30. The van der Waals surface area contributed by atoms with Crippen molar-refractivity contribution in [3.05, 3.63) is 56.6 Å². The number of nitrogens with zero attached hydrogens (tertiary/aromatic N) is 3. The summed E-state index contributed by atoms with van der Waals surface area (Å²) >= 11 is 0. The molecule has 1 atom stereocenters. The molecule has 0 saturated heterocycles. The monoisotopic (exact) mass is 534 g/mol. The number of para-hydroxylation sites is 1. The van der Waals surface area contributed by atoms with Gasteiger partial charge in [0.2, 0.25) is 0 Å². The molecule has 0 amide bonds. The molecule has 0 aliphatic carbocycles. The highest BCUT2D eigenvalue weighted by Gasteiger charge is 2.22. The van der Waals surface area contributed by atoms with Crippen molar-refractivity contribution >= 4 is 36.3 Å². The van der Waals surface area contributed by atoms with E-state index in [-0.39, 0.29) is 29.6 Å². The molecule has 0 radical (unpaired) electrons. The standard InChI is InChI=1S/C28H34N4O5Si/c1-18-8-5-6-11-37-23-15-19(16-33)14-22-26(23)29-25(28(35)31(22)17-36-12-13-38(2,3)4)20-9-7-10-21-24(20)30-32(18)27(21)34/h7,9-10,14-16,18,30H,5-6,8,11-13,17H2,1-4H3. The number of aromatic amines is 1. The van der Waals surface area contributed by atoms with Crippen LogP contribution in [-0.4, -0.2) is 46.9 Å². The van der Waals surface area contributed by atoms with Crippen LogP contribution in [-0.2, 0) is 11.5 Å². The van der Waals surface area contributed by atoms with E-state index in [1.807, 2.05) is 6.92 Å². The molecule has 10 heteroatoms. The summed E-state index contributed by atoms with van der Waals surface area (Å²) in [5, 5.41) is 3.78. The van der Waals surface area contributed by atoms with Crippen LogP contribution in [0.3, 0.4) is 0 Å². The molecule has 4 aromatic rings. The average molecular weight is 535 g/mol. The second-order valence-electron chi connectivity index (χ2n) is 11.3. The number of carbonyl (C=O) groups excluding carboxylic acids is 1. The molecule has 1 aliphatic heterocycles. The van der Waals surface area contributed by atoms with E-state index in [9.17, 15) is 14.4 Å². The average Bonchev–Trinajstić information content (AvgIpc) is 3.22. The van der Waals surface area contributed by atoms with Gasteiger partial charge >= 0.3 is 0 Å². The van der Waals surface area contributed by atoms with E-state index in [1.165, 1.54) is 4.57 Å². The van der Waals surface area contributed by atoms with Gasteiger partial charge in [0.1, 0.15) is 30.0 Å². The van der Waals surface area contributed by atoms with Crippen molar-refractivity contribution in [3.63, 3.8) is 0 Å². The van der Waals surface area contributed by atoms with Gasteiger partial charge in [-0.15, -0.1) is 0 Å². The number of fused-ring (bicyclic) bond motifs is 3. The Hall–Kier alpha value is -3.50. The molecule has 3 heterocycles. The van der Waals surface area contributed by atoms with Gasteiger partial charge in [-0.3, -0.25) is 24.0 Å². The molecule has 0 saturated carbocycles. The zero-order chi connectivity index (χ0) is 27.0. The third-order valence-electron chi connectivity index (χ3n) is 7.11. The number of aromatic nitrogens is 4. The van der Waals surface area contributed by atoms with E-state index in [1.54, 1.807) is 35.0 Å². The highest BCUT2D eigenvalue weighted by atomic mass is 28.3. The van der Waals surface area contributed by atoms with Gasteiger partial charge in [-0.25, -0.2) is 9.67 Å². The van der Waals surface area contributed by atoms with Gasteiger partial charge in [0.25, 0.3) is 11.1 Å². The summed E-state index contributed by atoms with van der Waals surface area (Å²) in [5.74, 6) is 0.449. The Bertz CT molecular complexity index is 1630. The number of ether oxygens (including phenoxy) is 2. The predicted octanol–water partition coefficient (Wildman–Crippen LogP) is 4.96. The Morgan fingerprint density at radius 3 is 2.76 bits per heavy atom. The van der Waals surface area contributed by atoms with Crippen LogP contribution in [0.1, 0.15) is 42.6 Å². The Kier molecular flexibility index (Phi) is 7.11. The molecule has 1 N–H and O–H groups in total. The van der Waals surface area contributed by atoms with Gasteiger partial charge in [0, 0.05) is 25.8 Å². The summed E-state index contributed by atoms with van der Waals surface area (Å²) in [6.07, 6.45) is 3.16. The second-order valence-corrected chi connectivity index (χ2v) is 16.9. The quantitative estimate of drug-likeness (QED) is 0.213. The van der Waals surface area contributed by atoms with E-state index in [0.717, 1.165) is 31.6 Å². The zero-order valence-electron chi connectivity index (χ0n) is 22.4. The molecule has 2 aromatic carbocycles. The van der Waals surface area contributed by atoms with Crippen LogP contribution in [0.25, 0.3) is 33.2 Å². The summed E-state index contributed by atoms with van der Waals surface area (Å²) in [6.45, 7) is 9.78. The summed E-state index contributed by atoms with van der Waals surface area (Å²) in [4.78, 5) is 43.8. The maximum atomic E-state index is 14.0. The molecule has 200 valence electrons. The minimum atomic E-state index is -1.33. The van der Waals surface area contributed by atoms with Gasteiger partial charge in [0.15, 0.2) is 0 Å². The fraction of sp³-hybridized carbons (Fsp3) is 0.429. The molecule has 2 aromatic heterocycles. The number of aldehydes is 1. The number of rotatable bonds is 6. The van der Waals surface area contributed by atoms with Crippen LogP contribution in [0, 0.1) is 0 Å². The molecule has 5 rings (SSSR count). The first-order valence-electron chi connectivity index (χ1n) is 13.2. The van der Waals surface area contributed by atoms with Gasteiger partial charge in [-0.05, 0) is 50.4 Å². The van der Waals surface area contributed by atoms with Crippen molar-refractivity contribution < 1.29 is 14.3 Å². The SMILES string of the molecule is CC1CCCCOc2cc(C=O)cc3c2nc(c(=O)n3COCC[Si](C)(C)C)-c2cccc3c(=O)n1[nH]c23. The highest BCUT2D eigenvalue weighted by molar-refractivity contribution is 6.76. The Balaban J connectivity index is 1.77. The number of nitrogens with one attached hydrogen (secondary N) is 1. The molecular weight excluding hydrogens is 500 g/mol. The summed E-state index contributed by atoms with van der Waals surface area (Å²) in [7, 11) is -1.33. The Morgan fingerprint density at radius 2 is 2.00 bits per heavy atom. The van der Waals surface area contributed by atoms with Crippen molar-refractivity contribution in [1.29, 1.82) is 0 Å². The summed E-state index contributed by atoms with van der Waals surface area (Å²) in [5.41, 5.74) is 2.18. The number of benzene rings is 2. The van der Waals surface area contributed by atoms with Crippen molar-refractivity contribution in [2.24, 2.45) is 0 Å². The van der Waals surface area contributed by atoms with Crippen LogP contribution in [0.2, 0.25) is 25.7 Å². The molecule has 1 aliphatic rings. The van der Waals surface area contributed by atoms with Crippen molar-refractivity contribution in [3.8, 4) is 17.0 Å². The van der Waals surface area contributed by atoms with Gasteiger partial charge in [0.05, 0.1) is 29.1 Å². The Labute approximate surface area is 221 Å². The maximum absolute atomic E-state index is 14.0. The number of carbonyl (C=O) groups is 1. The predicted molar refractivity (Wildman–Crippen MR) is 151 cm³/mol. The lowest BCUT2D eigenvalue weighted by Crippen LogP contribution is -2.27. The first-order valence-corrected chi connectivity index (χ1v) is 16.9. The minimum absolute atomic E-state index is 0.0155. The van der Waals surface area contributed by atoms with Crippen LogP contribution in [0.15, 0.2) is 39.9 Å². The summed E-state index contributed by atoms with van der Waals surface area (Å²) < 4.78 is 15.3. The largest absolute Gasteiger partial charge is 0.491 e. The second kappa shape index (κ2) is 10.3. The third kappa shape index (κ3) is 4.98. The summed E-state index contributed by atoms with van der Waals surface area (Å²) in [6, 6.07) is 9.56. The third-order valence-corrected chi connectivity index (χ3v) is 8.81. The first-order chi connectivity index (χ1) is 18.2. The number of hydrogen-bond donors (Lipinski definition) is 1. The van der Waals surface area contributed by atoms with Crippen LogP contribution >= 0.6 is 0 Å². The number of H-pyrrole nitrogens is 1. The lowest BCUT2D eigenvalue weighted by molar-refractivity contribution is 0.0878. The fourth-order valence-corrected chi connectivity index (χ4v) is 5.61. The molecule has 9 nitrogen and oxygen atoms in total. The van der Waals surface area contributed by atoms with Gasteiger partial charge in [-0.2, -0.15) is 0 Å². The van der Waals surface area contributed by atoms with E-state index in [4.69, 9.17) is 14.5 Å². The number of hydrogen-bond acceptors (Lipinski definition) is 6. The van der Waals surface area contributed by atoms with E-state index in [2.05, 4.69) is 24.7 Å². The van der Waals surface area contributed by atoms with Crippen molar-refractivity contribution in [2.75, 3.05) is 13.2 Å². The van der Waals surface area contributed by atoms with Crippen molar-refractivity contribution in [2.45, 2.75) is 64.6 Å². The lowest BCUT2D eigenvalue weighted by Gasteiger charge is -2.18. The Morgan fingerprint density at radius 1 is 1.18 bits per heavy atom. The molecule has 1 unspecified atom stereocenters. The van der Waals surface area contributed by atoms with Gasteiger partial charge < -0.3 is 9.47 Å². The molecule has 38 heavy (non-hydrogen) atoms. The maximum Gasteiger partial charge on any atom is 0.279 e. The first kappa shape index (κ1) is 26.1. The fourth-order valence-electron chi connectivity index (χ4n) is 4.86. The lowest BCUT2D eigenvalue weighted by atomic mass is 10.1. The van der Waals surface area contributed by atoms with E-state index >= 15 is 0 Å². The van der Waals surface area contributed by atoms with Crippen LogP contribution in [0.5, 0.6) is 5.75 Å².